The van der Waals surface area contributed by atoms with Crippen LogP contribution in [-0.4, -0.2) is 39.7 Å². The number of rotatable bonds is 6. The van der Waals surface area contributed by atoms with E-state index < -0.39 is 0 Å². The zero-order valence-corrected chi connectivity index (χ0v) is 13.1. The van der Waals surface area contributed by atoms with Gasteiger partial charge in [-0.05, 0) is 11.4 Å². The molecule has 0 aromatic carbocycles. The summed E-state index contributed by atoms with van der Waals surface area (Å²) >= 11 is 1.79. The molecule has 0 N–H and O–H groups in total. The van der Waals surface area contributed by atoms with Crippen LogP contribution >= 0.6 is 11.3 Å². The maximum absolute atomic E-state index is 5.70. The molecule has 21 heavy (non-hydrogen) atoms. The Morgan fingerprint density at radius 3 is 3.24 bits per heavy atom. The molecule has 112 valence electrons. The number of ether oxygens (including phenoxy) is 1. The van der Waals surface area contributed by atoms with Crippen molar-refractivity contribution in [1.29, 1.82) is 0 Å². The molecule has 0 amide bonds. The van der Waals surface area contributed by atoms with Crippen LogP contribution in [0.4, 0.5) is 0 Å². The van der Waals surface area contributed by atoms with Crippen LogP contribution in [0.3, 0.4) is 0 Å². The zero-order valence-electron chi connectivity index (χ0n) is 12.2. The summed E-state index contributed by atoms with van der Waals surface area (Å²) in [5, 5.41) is 10.7. The number of hydrogen-bond acceptors (Lipinski definition) is 5. The topological polar surface area (TPSA) is 43.2 Å². The minimum Gasteiger partial charge on any atom is -0.375 e. The smallest absolute Gasteiger partial charge is 0.105 e. The molecule has 0 saturated carbocycles. The molecule has 0 bridgehead atoms. The van der Waals surface area contributed by atoms with Crippen LogP contribution in [0.15, 0.2) is 30.2 Å². The summed E-state index contributed by atoms with van der Waals surface area (Å²) < 4.78 is 7.59. The maximum atomic E-state index is 5.70. The molecule has 1 aliphatic heterocycles. The van der Waals surface area contributed by atoms with Crippen LogP contribution < -0.4 is 0 Å². The molecular weight excluding hydrogens is 284 g/mol. The molecule has 0 aliphatic carbocycles. The quantitative estimate of drug-likeness (QED) is 0.606. The van der Waals surface area contributed by atoms with Crippen molar-refractivity contribution in [2.24, 2.45) is 7.05 Å². The van der Waals surface area contributed by atoms with E-state index in [0.29, 0.717) is 13.2 Å². The summed E-state index contributed by atoms with van der Waals surface area (Å²) in [4.78, 5) is 3.81. The largest absolute Gasteiger partial charge is 0.375 e. The van der Waals surface area contributed by atoms with Gasteiger partial charge in [-0.25, -0.2) is 0 Å². The van der Waals surface area contributed by atoms with Gasteiger partial charge >= 0.3 is 0 Å². The lowest BCUT2D eigenvalue weighted by Gasteiger charge is -2.34. The van der Waals surface area contributed by atoms with E-state index in [2.05, 4.69) is 39.3 Å². The van der Waals surface area contributed by atoms with Gasteiger partial charge in [0, 0.05) is 31.4 Å². The lowest BCUT2D eigenvalue weighted by molar-refractivity contribution is 0.0605. The van der Waals surface area contributed by atoms with Crippen LogP contribution in [0.1, 0.15) is 22.3 Å². The molecule has 5 nitrogen and oxygen atoms in total. The molecular formula is C15H20N4OS. The van der Waals surface area contributed by atoms with Gasteiger partial charge in [-0.1, -0.05) is 17.4 Å². The van der Waals surface area contributed by atoms with Crippen molar-refractivity contribution in [2.45, 2.75) is 19.0 Å². The number of fused-ring (bicyclic) bond motifs is 1. The van der Waals surface area contributed by atoms with E-state index in [0.717, 1.165) is 25.2 Å². The van der Waals surface area contributed by atoms with Crippen LogP contribution in [0.25, 0.3) is 0 Å². The van der Waals surface area contributed by atoms with Gasteiger partial charge in [0.15, 0.2) is 0 Å². The molecule has 1 unspecified atom stereocenters. The summed E-state index contributed by atoms with van der Waals surface area (Å²) in [6.45, 7) is 6.85. The van der Waals surface area contributed by atoms with Gasteiger partial charge in [-0.2, -0.15) is 0 Å². The van der Waals surface area contributed by atoms with E-state index in [1.165, 1.54) is 10.6 Å². The van der Waals surface area contributed by atoms with Crippen molar-refractivity contribution in [1.82, 2.24) is 19.9 Å². The number of hydrogen-bond donors (Lipinski definition) is 0. The monoisotopic (exact) mass is 304 g/mol. The fourth-order valence-corrected chi connectivity index (χ4v) is 3.49. The van der Waals surface area contributed by atoms with Crippen LogP contribution in [0, 0.1) is 0 Å². The Labute approximate surface area is 128 Å². The average molecular weight is 304 g/mol. The van der Waals surface area contributed by atoms with Gasteiger partial charge in [-0.15, -0.1) is 23.0 Å². The third-order valence-electron chi connectivity index (χ3n) is 3.82. The number of aryl methyl sites for hydroxylation is 1. The Kier molecular flexibility index (Phi) is 4.48. The highest BCUT2D eigenvalue weighted by Gasteiger charge is 2.31. The van der Waals surface area contributed by atoms with E-state index >= 15 is 0 Å². The lowest BCUT2D eigenvalue weighted by atomic mass is 10.0. The van der Waals surface area contributed by atoms with Crippen molar-refractivity contribution in [3.63, 3.8) is 0 Å². The minimum absolute atomic E-state index is 0.171. The number of aromatic nitrogens is 3. The Hall–Kier alpha value is -1.50. The number of thiophene rings is 1. The standard InChI is InChI=1S/C15H20N4OS/c1-3-8-20-11-14-15-13(18(2)17-16-15)6-7-19(14)10-12-5-4-9-21-12/h3-5,9,14H,1,6-8,10-11H2,2H3. The van der Waals surface area contributed by atoms with Gasteiger partial charge < -0.3 is 4.74 Å². The fraction of sp³-hybridized carbons (Fsp3) is 0.467. The maximum Gasteiger partial charge on any atom is 0.105 e. The normalized spacial score (nSPS) is 18.6. The third kappa shape index (κ3) is 3.07. The van der Waals surface area contributed by atoms with E-state index in [9.17, 15) is 0 Å². The van der Waals surface area contributed by atoms with Gasteiger partial charge in [-0.3, -0.25) is 9.58 Å². The Morgan fingerprint density at radius 2 is 2.48 bits per heavy atom. The van der Waals surface area contributed by atoms with E-state index in [1.54, 1.807) is 17.4 Å². The highest BCUT2D eigenvalue weighted by molar-refractivity contribution is 7.09. The van der Waals surface area contributed by atoms with Crippen molar-refractivity contribution < 1.29 is 4.74 Å². The lowest BCUT2D eigenvalue weighted by Crippen LogP contribution is -2.37. The summed E-state index contributed by atoms with van der Waals surface area (Å²) in [5.74, 6) is 0. The van der Waals surface area contributed by atoms with Crippen molar-refractivity contribution in [2.75, 3.05) is 19.8 Å². The molecule has 3 rings (SSSR count). The summed E-state index contributed by atoms with van der Waals surface area (Å²) in [7, 11) is 1.96. The second-order valence-electron chi connectivity index (χ2n) is 5.19. The van der Waals surface area contributed by atoms with Gasteiger partial charge in [0.1, 0.15) is 5.69 Å². The highest BCUT2D eigenvalue weighted by atomic mass is 32.1. The second-order valence-corrected chi connectivity index (χ2v) is 6.22. The molecule has 3 heterocycles. The first kappa shape index (κ1) is 14.4. The van der Waals surface area contributed by atoms with Crippen LogP contribution in [0.5, 0.6) is 0 Å². The van der Waals surface area contributed by atoms with Crippen molar-refractivity contribution in [3.05, 3.63) is 46.4 Å². The average Bonchev–Trinajstić information content (AvgIpc) is 3.11. The molecule has 1 aliphatic rings. The first-order valence-electron chi connectivity index (χ1n) is 7.13. The SMILES string of the molecule is C=CCOCC1c2nnn(C)c2CCN1Cc1cccs1. The molecule has 2 aromatic rings. The molecule has 0 saturated heterocycles. The molecule has 0 radical (unpaired) electrons. The summed E-state index contributed by atoms with van der Waals surface area (Å²) in [6, 6.07) is 4.45. The molecule has 0 fully saturated rings. The van der Waals surface area contributed by atoms with E-state index in [4.69, 9.17) is 4.74 Å². The zero-order chi connectivity index (χ0) is 14.7. The third-order valence-corrected chi connectivity index (χ3v) is 4.68. The van der Waals surface area contributed by atoms with E-state index in [-0.39, 0.29) is 6.04 Å². The van der Waals surface area contributed by atoms with Crippen LogP contribution in [-0.2, 0) is 24.8 Å². The fourth-order valence-electron chi connectivity index (χ4n) is 2.76. The Bertz CT molecular complexity index is 593. The Balaban J connectivity index is 1.80. The van der Waals surface area contributed by atoms with Gasteiger partial charge in [0.2, 0.25) is 0 Å². The van der Waals surface area contributed by atoms with Crippen molar-refractivity contribution in [3.8, 4) is 0 Å². The van der Waals surface area contributed by atoms with Crippen LogP contribution in [0.2, 0.25) is 0 Å². The highest BCUT2D eigenvalue weighted by Crippen LogP contribution is 2.30. The Morgan fingerprint density at radius 1 is 1.57 bits per heavy atom. The molecule has 6 heteroatoms. The van der Waals surface area contributed by atoms with Gasteiger partial charge in [0.25, 0.3) is 0 Å². The first-order valence-corrected chi connectivity index (χ1v) is 8.01. The second kappa shape index (κ2) is 6.51. The first-order chi connectivity index (χ1) is 10.3. The predicted octanol–water partition coefficient (Wildman–Crippen LogP) is 2.18. The minimum atomic E-state index is 0.171. The predicted molar refractivity (Wildman–Crippen MR) is 83.2 cm³/mol. The number of nitrogens with zero attached hydrogens (tertiary/aromatic N) is 4. The molecule has 2 aromatic heterocycles. The summed E-state index contributed by atoms with van der Waals surface area (Å²) in [5.41, 5.74) is 2.29. The molecule has 0 spiro atoms. The van der Waals surface area contributed by atoms with Gasteiger partial charge in [0.05, 0.1) is 24.9 Å². The summed E-state index contributed by atoms with van der Waals surface area (Å²) in [6.07, 6.45) is 2.77. The molecule has 1 atom stereocenters. The van der Waals surface area contributed by atoms with E-state index in [1.807, 2.05) is 11.7 Å². The van der Waals surface area contributed by atoms with Crippen molar-refractivity contribution >= 4 is 11.3 Å².